The third-order valence-electron chi connectivity index (χ3n) is 5.37. The molecule has 2 aromatic carbocycles. The fourth-order valence-corrected chi connectivity index (χ4v) is 4.43. The zero-order valence-corrected chi connectivity index (χ0v) is 20.3. The van der Waals surface area contributed by atoms with Gasteiger partial charge in [-0.25, -0.2) is 0 Å². The van der Waals surface area contributed by atoms with Crippen LogP contribution >= 0.6 is 11.8 Å². The second kappa shape index (κ2) is 12.6. The first kappa shape index (κ1) is 25.0. The van der Waals surface area contributed by atoms with E-state index in [4.69, 9.17) is 0 Å². The van der Waals surface area contributed by atoms with Crippen molar-refractivity contribution in [2.45, 2.75) is 65.8 Å². The first-order valence-electron chi connectivity index (χ1n) is 11.1. The van der Waals surface area contributed by atoms with Crippen molar-refractivity contribution < 1.29 is 9.59 Å². The van der Waals surface area contributed by atoms with Gasteiger partial charge in [-0.05, 0) is 50.8 Å². The highest BCUT2D eigenvalue weighted by atomic mass is 32.2. The van der Waals surface area contributed by atoms with Gasteiger partial charge in [0, 0.05) is 18.8 Å². The number of amides is 2. The Labute approximate surface area is 191 Å². The zero-order valence-electron chi connectivity index (χ0n) is 19.5. The third-order valence-corrected chi connectivity index (χ3v) is 6.36. The summed E-state index contributed by atoms with van der Waals surface area (Å²) in [5.41, 5.74) is 5.90. The zero-order chi connectivity index (χ0) is 22.8. The van der Waals surface area contributed by atoms with E-state index in [0.717, 1.165) is 29.7 Å². The summed E-state index contributed by atoms with van der Waals surface area (Å²) in [4.78, 5) is 27.6. The molecule has 4 nitrogen and oxygen atoms in total. The Morgan fingerprint density at radius 2 is 1.74 bits per heavy atom. The molecule has 2 amide bonds. The number of aryl methyl sites for hydroxylation is 3. The average molecular weight is 441 g/mol. The van der Waals surface area contributed by atoms with Crippen LogP contribution in [0.1, 0.15) is 54.5 Å². The van der Waals surface area contributed by atoms with Crippen molar-refractivity contribution >= 4 is 23.6 Å². The van der Waals surface area contributed by atoms with Crippen molar-refractivity contribution in [2.24, 2.45) is 0 Å². The van der Waals surface area contributed by atoms with Gasteiger partial charge in [0.05, 0.1) is 5.75 Å². The van der Waals surface area contributed by atoms with Crippen LogP contribution in [0.15, 0.2) is 42.5 Å². The summed E-state index contributed by atoms with van der Waals surface area (Å²) in [6.07, 6.45) is 1.96. The van der Waals surface area contributed by atoms with E-state index in [9.17, 15) is 9.59 Å². The van der Waals surface area contributed by atoms with Crippen molar-refractivity contribution in [1.29, 1.82) is 0 Å². The van der Waals surface area contributed by atoms with Crippen LogP contribution in [0.5, 0.6) is 0 Å². The molecule has 0 unspecified atom stereocenters. The summed E-state index contributed by atoms with van der Waals surface area (Å²) in [7, 11) is 0. The Bertz CT molecular complexity index is 861. The number of nitrogens with zero attached hydrogens (tertiary/aromatic N) is 1. The van der Waals surface area contributed by atoms with Gasteiger partial charge < -0.3 is 10.2 Å². The van der Waals surface area contributed by atoms with Gasteiger partial charge in [0.2, 0.25) is 11.8 Å². The molecule has 5 heteroatoms. The molecule has 0 bridgehead atoms. The topological polar surface area (TPSA) is 49.4 Å². The first-order valence-corrected chi connectivity index (χ1v) is 12.2. The van der Waals surface area contributed by atoms with Crippen LogP contribution in [-0.4, -0.2) is 35.1 Å². The fraction of sp³-hybridized carbons (Fsp3) is 0.462. The molecule has 0 spiro atoms. The second-order valence-electron chi connectivity index (χ2n) is 8.26. The summed E-state index contributed by atoms with van der Waals surface area (Å²) < 4.78 is 0. The number of rotatable bonds is 11. The van der Waals surface area contributed by atoms with E-state index in [1.54, 1.807) is 16.7 Å². The largest absolute Gasteiger partial charge is 0.354 e. The molecule has 0 radical (unpaired) electrons. The quantitative estimate of drug-likeness (QED) is 0.490. The van der Waals surface area contributed by atoms with Crippen molar-refractivity contribution in [3.05, 3.63) is 70.3 Å². The summed E-state index contributed by atoms with van der Waals surface area (Å²) in [5.74, 6) is 1.04. The van der Waals surface area contributed by atoms with Crippen molar-refractivity contribution in [1.82, 2.24) is 10.2 Å². The summed E-state index contributed by atoms with van der Waals surface area (Å²) in [6, 6.07) is 14.0. The Hall–Kier alpha value is -2.27. The van der Waals surface area contributed by atoms with E-state index in [1.165, 1.54) is 16.7 Å². The number of hydrogen-bond donors (Lipinski definition) is 1. The smallest absolute Gasteiger partial charge is 0.242 e. The molecule has 0 fully saturated rings. The molecule has 31 heavy (non-hydrogen) atoms. The van der Waals surface area contributed by atoms with E-state index in [2.05, 4.69) is 44.3 Å². The molecule has 2 aromatic rings. The van der Waals surface area contributed by atoms with Gasteiger partial charge >= 0.3 is 0 Å². The highest BCUT2D eigenvalue weighted by Gasteiger charge is 2.26. The Balaban J connectivity index is 2.07. The predicted octanol–water partition coefficient (Wildman–Crippen LogP) is 5.18. The van der Waals surface area contributed by atoms with Crippen LogP contribution in [0.25, 0.3) is 0 Å². The van der Waals surface area contributed by atoms with Gasteiger partial charge in [0.25, 0.3) is 0 Å². The molecular weight excluding hydrogens is 404 g/mol. The molecular formula is C26H36N2O2S. The molecule has 1 atom stereocenters. The lowest BCUT2D eigenvalue weighted by molar-refractivity contribution is -0.138. The van der Waals surface area contributed by atoms with E-state index in [1.807, 2.05) is 38.1 Å². The van der Waals surface area contributed by atoms with Crippen molar-refractivity contribution in [3.63, 3.8) is 0 Å². The highest BCUT2D eigenvalue weighted by molar-refractivity contribution is 7.99. The van der Waals surface area contributed by atoms with Crippen LogP contribution in [0.2, 0.25) is 0 Å². The van der Waals surface area contributed by atoms with Crippen molar-refractivity contribution in [2.75, 3.05) is 12.3 Å². The van der Waals surface area contributed by atoms with E-state index < -0.39 is 6.04 Å². The normalized spacial score (nSPS) is 11.8. The minimum atomic E-state index is -0.509. The van der Waals surface area contributed by atoms with Gasteiger partial charge in [-0.1, -0.05) is 66.9 Å². The molecule has 0 aliphatic heterocycles. The van der Waals surface area contributed by atoms with E-state index in [-0.39, 0.29) is 11.8 Å². The van der Waals surface area contributed by atoms with Crippen LogP contribution in [0.4, 0.5) is 0 Å². The molecule has 0 saturated heterocycles. The molecule has 0 aliphatic carbocycles. The molecule has 0 heterocycles. The highest BCUT2D eigenvalue weighted by Crippen LogP contribution is 2.19. The Kier molecular flexibility index (Phi) is 10.1. The molecule has 0 aromatic heterocycles. The monoisotopic (exact) mass is 440 g/mol. The third kappa shape index (κ3) is 8.06. The van der Waals surface area contributed by atoms with Gasteiger partial charge in [-0.15, -0.1) is 11.8 Å². The molecule has 0 saturated carbocycles. The molecule has 168 valence electrons. The second-order valence-corrected chi connectivity index (χ2v) is 9.24. The summed E-state index contributed by atoms with van der Waals surface area (Å²) >= 11 is 1.60. The van der Waals surface area contributed by atoms with Gasteiger partial charge in [0.15, 0.2) is 0 Å². The lowest BCUT2D eigenvalue weighted by Crippen LogP contribution is -2.48. The molecule has 2 rings (SSSR count). The number of carbonyl (C=O) groups is 2. The minimum Gasteiger partial charge on any atom is -0.354 e. The SMILES string of the molecule is CCCCNC(=O)[C@H](C)N(Cc1ccccc1C)C(=O)CSCc1cc(C)cc(C)c1. The van der Waals surface area contributed by atoms with Crippen molar-refractivity contribution in [3.8, 4) is 0 Å². The lowest BCUT2D eigenvalue weighted by atomic mass is 10.1. The number of nitrogens with one attached hydrogen (secondary N) is 1. The minimum absolute atomic E-state index is 0.00392. The Morgan fingerprint density at radius 3 is 2.39 bits per heavy atom. The van der Waals surface area contributed by atoms with Crippen LogP contribution in [0, 0.1) is 20.8 Å². The molecule has 1 N–H and O–H groups in total. The number of hydrogen-bond acceptors (Lipinski definition) is 3. The standard InChI is InChI=1S/C26H36N2O2S/c1-6-7-12-27-26(30)22(5)28(16-24-11-9-8-10-21(24)4)25(29)18-31-17-23-14-19(2)13-20(3)15-23/h8-11,13-15,22H,6-7,12,16-18H2,1-5H3,(H,27,30)/t22-/m0/s1. The van der Waals surface area contributed by atoms with Gasteiger partial charge in [0.1, 0.15) is 6.04 Å². The maximum Gasteiger partial charge on any atom is 0.242 e. The number of carbonyl (C=O) groups excluding carboxylic acids is 2. The summed E-state index contributed by atoms with van der Waals surface area (Å²) in [6.45, 7) is 11.2. The van der Waals surface area contributed by atoms with Crippen LogP contribution < -0.4 is 5.32 Å². The van der Waals surface area contributed by atoms with Gasteiger partial charge in [-0.3, -0.25) is 9.59 Å². The number of unbranched alkanes of at least 4 members (excludes halogenated alkanes) is 1. The number of benzene rings is 2. The first-order chi connectivity index (χ1) is 14.8. The average Bonchev–Trinajstić information content (AvgIpc) is 2.72. The maximum absolute atomic E-state index is 13.2. The van der Waals surface area contributed by atoms with Gasteiger partial charge in [-0.2, -0.15) is 0 Å². The maximum atomic E-state index is 13.2. The lowest BCUT2D eigenvalue weighted by Gasteiger charge is -2.29. The van der Waals surface area contributed by atoms with E-state index >= 15 is 0 Å². The van der Waals surface area contributed by atoms with Crippen LogP contribution in [-0.2, 0) is 21.9 Å². The van der Waals surface area contributed by atoms with E-state index in [0.29, 0.717) is 18.8 Å². The summed E-state index contributed by atoms with van der Waals surface area (Å²) in [5, 5.41) is 2.97. The van der Waals surface area contributed by atoms with Crippen LogP contribution in [0.3, 0.4) is 0 Å². The number of thioether (sulfide) groups is 1. The fourth-order valence-electron chi connectivity index (χ4n) is 3.58. The Morgan fingerprint density at radius 1 is 1.06 bits per heavy atom. The predicted molar refractivity (Wildman–Crippen MR) is 131 cm³/mol. The molecule has 0 aliphatic rings.